The molecule has 4 heteroatoms. The largest absolute Gasteiger partial charge is 0.339 e. The topological polar surface area (TPSA) is 35.6 Å². The van der Waals surface area contributed by atoms with Crippen LogP contribution in [0, 0.1) is 6.92 Å². The van der Waals surface area contributed by atoms with E-state index >= 15 is 0 Å². The first-order valence-corrected chi connectivity index (χ1v) is 11.6. The highest BCUT2D eigenvalue weighted by Crippen LogP contribution is 2.41. The van der Waals surface area contributed by atoms with E-state index in [2.05, 4.69) is 76.6 Å². The van der Waals surface area contributed by atoms with Crippen molar-refractivity contribution in [2.45, 2.75) is 62.9 Å². The van der Waals surface area contributed by atoms with E-state index in [9.17, 15) is 4.79 Å². The second-order valence-electron chi connectivity index (χ2n) is 9.36. The maximum Gasteiger partial charge on any atom is 0.247 e. The minimum Gasteiger partial charge on any atom is -0.339 e. The molecule has 3 fully saturated rings. The SMILES string of the molecule is Cc1ccc(N2CNC(=O)C23CCN([C@@H]2CCCC[C@@H]2c2ccccc2)CC3)cc1. The lowest BCUT2D eigenvalue weighted by molar-refractivity contribution is -0.125. The van der Waals surface area contributed by atoms with Gasteiger partial charge in [-0.15, -0.1) is 0 Å². The number of likely N-dealkylation sites (tertiary alicyclic amines) is 1. The Bertz CT molecular complexity index is 871. The van der Waals surface area contributed by atoms with Gasteiger partial charge >= 0.3 is 0 Å². The third-order valence-electron chi connectivity index (χ3n) is 7.73. The van der Waals surface area contributed by atoms with Crippen LogP contribution in [0.15, 0.2) is 54.6 Å². The molecule has 2 aromatic rings. The second kappa shape index (κ2) is 8.07. The predicted molar refractivity (Wildman–Crippen MR) is 122 cm³/mol. The number of carbonyl (C=O) groups excluding carboxylic acids is 1. The van der Waals surface area contributed by atoms with Gasteiger partial charge in [-0.1, -0.05) is 60.9 Å². The van der Waals surface area contributed by atoms with Gasteiger partial charge in [-0.2, -0.15) is 0 Å². The first-order chi connectivity index (χ1) is 14.7. The number of nitrogens with one attached hydrogen (secondary N) is 1. The van der Waals surface area contributed by atoms with Crippen molar-refractivity contribution in [3.05, 3.63) is 65.7 Å². The summed E-state index contributed by atoms with van der Waals surface area (Å²) >= 11 is 0. The number of carbonyl (C=O) groups is 1. The first kappa shape index (κ1) is 19.6. The molecule has 2 aromatic carbocycles. The lowest BCUT2D eigenvalue weighted by Crippen LogP contribution is -2.58. The van der Waals surface area contributed by atoms with E-state index in [0.29, 0.717) is 18.6 Å². The summed E-state index contributed by atoms with van der Waals surface area (Å²) in [5, 5.41) is 3.14. The van der Waals surface area contributed by atoms with Crippen LogP contribution in [0.25, 0.3) is 0 Å². The van der Waals surface area contributed by atoms with Crippen LogP contribution in [-0.4, -0.2) is 42.1 Å². The van der Waals surface area contributed by atoms with Crippen LogP contribution in [0.5, 0.6) is 0 Å². The summed E-state index contributed by atoms with van der Waals surface area (Å²) in [6.07, 6.45) is 7.03. The second-order valence-corrected chi connectivity index (χ2v) is 9.36. The number of anilines is 1. The summed E-state index contributed by atoms with van der Waals surface area (Å²) in [5.41, 5.74) is 3.52. The van der Waals surface area contributed by atoms with Crippen molar-refractivity contribution in [2.24, 2.45) is 0 Å². The number of piperidine rings is 1. The fourth-order valence-electron chi connectivity index (χ4n) is 6.01. The predicted octanol–water partition coefficient (Wildman–Crippen LogP) is 4.45. The Morgan fingerprint density at radius 2 is 1.63 bits per heavy atom. The van der Waals surface area contributed by atoms with Crippen LogP contribution in [-0.2, 0) is 4.79 Å². The summed E-state index contributed by atoms with van der Waals surface area (Å²) in [6.45, 7) is 4.74. The van der Waals surface area contributed by atoms with Gasteiger partial charge in [-0.05, 0) is 56.2 Å². The van der Waals surface area contributed by atoms with Gasteiger partial charge in [-0.3, -0.25) is 9.69 Å². The van der Waals surface area contributed by atoms with Crippen LogP contribution >= 0.6 is 0 Å². The van der Waals surface area contributed by atoms with E-state index in [-0.39, 0.29) is 11.4 Å². The van der Waals surface area contributed by atoms with E-state index < -0.39 is 0 Å². The smallest absolute Gasteiger partial charge is 0.247 e. The Morgan fingerprint density at radius 3 is 2.37 bits per heavy atom. The molecule has 2 heterocycles. The van der Waals surface area contributed by atoms with E-state index in [1.54, 1.807) is 0 Å². The van der Waals surface area contributed by atoms with Crippen molar-refractivity contribution in [3.63, 3.8) is 0 Å². The van der Waals surface area contributed by atoms with E-state index in [1.807, 2.05) is 0 Å². The van der Waals surface area contributed by atoms with Gasteiger partial charge in [0.05, 0.1) is 6.67 Å². The monoisotopic (exact) mass is 403 g/mol. The fourth-order valence-corrected chi connectivity index (χ4v) is 6.01. The molecule has 1 amide bonds. The minimum absolute atomic E-state index is 0.214. The van der Waals surface area contributed by atoms with Crippen molar-refractivity contribution >= 4 is 11.6 Å². The molecule has 1 N–H and O–H groups in total. The Morgan fingerprint density at radius 1 is 0.933 bits per heavy atom. The van der Waals surface area contributed by atoms with E-state index in [0.717, 1.165) is 31.6 Å². The minimum atomic E-state index is -0.386. The van der Waals surface area contributed by atoms with Crippen LogP contribution in [0.2, 0.25) is 0 Å². The number of aryl methyl sites for hydroxylation is 1. The molecule has 1 saturated carbocycles. The first-order valence-electron chi connectivity index (χ1n) is 11.6. The Kier molecular flexibility index (Phi) is 5.28. The molecule has 0 aromatic heterocycles. The van der Waals surface area contributed by atoms with Crippen LogP contribution in [0.1, 0.15) is 55.6 Å². The van der Waals surface area contributed by atoms with E-state index in [1.165, 1.54) is 36.8 Å². The molecule has 0 unspecified atom stereocenters. The number of hydrogen-bond acceptors (Lipinski definition) is 3. The summed E-state index contributed by atoms with van der Waals surface area (Å²) in [6, 6.07) is 20.3. The molecule has 0 radical (unpaired) electrons. The molecule has 1 aliphatic carbocycles. The van der Waals surface area contributed by atoms with Crippen molar-refractivity contribution in [2.75, 3.05) is 24.7 Å². The molecule has 2 atom stereocenters. The molecular formula is C26H33N3O. The zero-order chi connectivity index (χ0) is 20.6. The van der Waals surface area contributed by atoms with Gasteiger partial charge in [0, 0.05) is 24.8 Å². The fraction of sp³-hybridized carbons (Fsp3) is 0.500. The highest BCUT2D eigenvalue weighted by molar-refractivity contribution is 5.93. The number of benzene rings is 2. The maximum absolute atomic E-state index is 13.0. The molecule has 2 saturated heterocycles. The summed E-state index contributed by atoms with van der Waals surface area (Å²) in [5.74, 6) is 0.839. The Balaban J connectivity index is 1.34. The third-order valence-corrected chi connectivity index (χ3v) is 7.73. The summed E-state index contributed by atoms with van der Waals surface area (Å²) < 4.78 is 0. The third kappa shape index (κ3) is 3.41. The highest BCUT2D eigenvalue weighted by atomic mass is 16.2. The number of rotatable bonds is 3. The lowest BCUT2D eigenvalue weighted by Gasteiger charge is -2.48. The normalized spacial score (nSPS) is 26.7. The molecular weight excluding hydrogens is 370 g/mol. The number of amides is 1. The highest BCUT2D eigenvalue weighted by Gasteiger charge is 2.51. The Hall–Kier alpha value is -2.33. The van der Waals surface area contributed by atoms with Crippen LogP contribution in [0.4, 0.5) is 5.69 Å². The zero-order valence-corrected chi connectivity index (χ0v) is 18.0. The molecule has 158 valence electrons. The van der Waals surface area contributed by atoms with Gasteiger partial charge in [0.2, 0.25) is 5.91 Å². The molecule has 0 bridgehead atoms. The summed E-state index contributed by atoms with van der Waals surface area (Å²) in [7, 11) is 0. The quantitative estimate of drug-likeness (QED) is 0.822. The lowest BCUT2D eigenvalue weighted by atomic mass is 9.77. The Labute approximate surface area is 180 Å². The average molecular weight is 404 g/mol. The molecule has 5 rings (SSSR count). The molecule has 3 aliphatic rings. The zero-order valence-electron chi connectivity index (χ0n) is 18.0. The maximum atomic E-state index is 13.0. The van der Waals surface area contributed by atoms with Crippen molar-refractivity contribution < 1.29 is 4.79 Å². The standard InChI is InChI=1S/C26H33N3O/c1-20-11-13-22(14-12-20)29-19-27-25(30)26(29)15-17-28(18-16-26)24-10-6-5-9-23(24)21-7-3-2-4-8-21/h2-4,7-8,11-14,23-24H,5-6,9-10,15-19H2,1H3,(H,27,30)/t23-,24-/m1/s1. The van der Waals surface area contributed by atoms with Gasteiger partial charge in [0.15, 0.2) is 0 Å². The molecule has 2 aliphatic heterocycles. The van der Waals surface area contributed by atoms with Crippen molar-refractivity contribution in [3.8, 4) is 0 Å². The van der Waals surface area contributed by atoms with Crippen molar-refractivity contribution in [1.29, 1.82) is 0 Å². The molecule has 30 heavy (non-hydrogen) atoms. The van der Waals surface area contributed by atoms with Gasteiger partial charge in [0.1, 0.15) is 5.54 Å². The number of nitrogens with zero attached hydrogens (tertiary/aromatic N) is 2. The molecule has 1 spiro atoms. The summed E-state index contributed by atoms with van der Waals surface area (Å²) in [4.78, 5) is 18.0. The van der Waals surface area contributed by atoms with Gasteiger partial charge in [-0.25, -0.2) is 0 Å². The van der Waals surface area contributed by atoms with Crippen molar-refractivity contribution in [1.82, 2.24) is 10.2 Å². The van der Waals surface area contributed by atoms with Crippen LogP contribution in [0.3, 0.4) is 0 Å². The number of hydrogen-bond donors (Lipinski definition) is 1. The average Bonchev–Trinajstić information content (AvgIpc) is 3.11. The molecule has 4 nitrogen and oxygen atoms in total. The van der Waals surface area contributed by atoms with Crippen LogP contribution < -0.4 is 10.2 Å². The van der Waals surface area contributed by atoms with Gasteiger partial charge < -0.3 is 10.2 Å². The van der Waals surface area contributed by atoms with E-state index in [4.69, 9.17) is 0 Å². The van der Waals surface area contributed by atoms with Gasteiger partial charge in [0.25, 0.3) is 0 Å².